The second-order valence-corrected chi connectivity index (χ2v) is 7.22. The molecule has 1 saturated carbocycles. The number of sulfonamides is 1. The second-order valence-electron chi connectivity index (χ2n) is 5.46. The number of benzene rings is 1. The number of nitrogens with one attached hydrogen (secondary N) is 2. The minimum absolute atomic E-state index is 0.226. The fourth-order valence-electron chi connectivity index (χ4n) is 2.54. The summed E-state index contributed by atoms with van der Waals surface area (Å²) in [5.74, 6) is 0.394. The van der Waals surface area contributed by atoms with Gasteiger partial charge in [0.1, 0.15) is 0 Å². The van der Waals surface area contributed by atoms with Crippen LogP contribution in [-0.4, -0.2) is 33.5 Å². The van der Waals surface area contributed by atoms with Crippen LogP contribution in [0.15, 0.2) is 40.2 Å². The predicted molar refractivity (Wildman–Crippen MR) is 88.1 cm³/mol. The minimum Gasteiger partial charge on any atom is -0.370 e. The third-order valence-corrected chi connectivity index (χ3v) is 5.17. The molecule has 0 spiro atoms. The van der Waals surface area contributed by atoms with Crippen molar-refractivity contribution in [3.8, 4) is 0 Å². The van der Waals surface area contributed by atoms with Gasteiger partial charge in [-0.05, 0) is 25.0 Å². The van der Waals surface area contributed by atoms with Crippen molar-refractivity contribution in [1.29, 1.82) is 0 Å². The third-order valence-electron chi connectivity index (χ3n) is 3.70. The lowest BCUT2D eigenvalue weighted by Crippen LogP contribution is -2.41. The molecule has 122 valence electrons. The van der Waals surface area contributed by atoms with Crippen LogP contribution < -0.4 is 15.8 Å². The molecule has 22 heavy (non-hydrogen) atoms. The molecule has 2 rings (SSSR count). The first-order chi connectivity index (χ1) is 10.6. The molecule has 0 bridgehead atoms. The molecule has 4 N–H and O–H groups in total. The summed E-state index contributed by atoms with van der Waals surface area (Å²) < 4.78 is 26.5. The molecule has 0 aromatic heterocycles. The third kappa shape index (κ3) is 5.31. The SMILES string of the molecule is NC(=NCCNS(=O)(=O)c1ccccc1)NC1CCCCC1. The summed E-state index contributed by atoms with van der Waals surface area (Å²) in [6.07, 6.45) is 5.98. The van der Waals surface area contributed by atoms with E-state index in [0.29, 0.717) is 18.5 Å². The first kappa shape index (κ1) is 16.8. The van der Waals surface area contributed by atoms with Crippen LogP contribution >= 0.6 is 0 Å². The zero-order valence-electron chi connectivity index (χ0n) is 12.7. The molecule has 7 heteroatoms. The highest BCUT2D eigenvalue weighted by Gasteiger charge is 2.14. The quantitative estimate of drug-likeness (QED) is 0.416. The van der Waals surface area contributed by atoms with Crippen LogP contribution in [0.2, 0.25) is 0 Å². The molecule has 0 atom stereocenters. The predicted octanol–water partition coefficient (Wildman–Crippen LogP) is 1.20. The Bertz CT molecular complexity index is 581. The summed E-state index contributed by atoms with van der Waals surface area (Å²) in [5, 5.41) is 3.20. The van der Waals surface area contributed by atoms with Crippen molar-refractivity contribution >= 4 is 16.0 Å². The number of nitrogens with zero attached hydrogens (tertiary/aromatic N) is 1. The molecule has 0 radical (unpaired) electrons. The van der Waals surface area contributed by atoms with Crippen LogP contribution in [0.5, 0.6) is 0 Å². The summed E-state index contributed by atoms with van der Waals surface area (Å²) in [6.45, 7) is 0.544. The maximum Gasteiger partial charge on any atom is 0.240 e. The van der Waals surface area contributed by atoms with E-state index in [-0.39, 0.29) is 11.4 Å². The van der Waals surface area contributed by atoms with Gasteiger partial charge in [0.15, 0.2) is 5.96 Å². The van der Waals surface area contributed by atoms with Crippen molar-refractivity contribution in [2.75, 3.05) is 13.1 Å². The van der Waals surface area contributed by atoms with Gasteiger partial charge in [-0.15, -0.1) is 0 Å². The van der Waals surface area contributed by atoms with Crippen LogP contribution in [0.1, 0.15) is 32.1 Å². The van der Waals surface area contributed by atoms with Crippen molar-refractivity contribution in [3.05, 3.63) is 30.3 Å². The van der Waals surface area contributed by atoms with E-state index in [4.69, 9.17) is 5.73 Å². The summed E-state index contributed by atoms with van der Waals surface area (Å²) in [7, 11) is -3.47. The molecule has 6 nitrogen and oxygen atoms in total. The van der Waals surface area contributed by atoms with E-state index in [1.165, 1.54) is 19.3 Å². The standard InChI is InChI=1S/C15H24N4O2S/c16-15(19-13-7-3-1-4-8-13)17-11-12-18-22(20,21)14-9-5-2-6-10-14/h2,5-6,9-10,13,18H,1,3-4,7-8,11-12H2,(H3,16,17,19). The van der Waals surface area contributed by atoms with Gasteiger partial charge >= 0.3 is 0 Å². The number of hydrogen-bond acceptors (Lipinski definition) is 3. The van der Waals surface area contributed by atoms with E-state index in [9.17, 15) is 8.42 Å². The van der Waals surface area contributed by atoms with E-state index in [0.717, 1.165) is 12.8 Å². The molecular weight excluding hydrogens is 300 g/mol. The normalized spacial score (nSPS) is 17.4. The second kappa shape index (κ2) is 8.14. The molecule has 0 heterocycles. The van der Waals surface area contributed by atoms with Crippen molar-refractivity contribution in [3.63, 3.8) is 0 Å². The lowest BCUT2D eigenvalue weighted by Gasteiger charge is -2.23. The maximum absolute atomic E-state index is 12.0. The van der Waals surface area contributed by atoms with Crippen molar-refractivity contribution in [2.24, 2.45) is 10.7 Å². The Morgan fingerprint density at radius 2 is 1.86 bits per heavy atom. The van der Waals surface area contributed by atoms with Gasteiger partial charge in [-0.2, -0.15) is 0 Å². The lowest BCUT2D eigenvalue weighted by atomic mass is 9.96. The number of guanidine groups is 1. The summed E-state index contributed by atoms with van der Waals surface area (Å²) in [5.41, 5.74) is 5.83. The van der Waals surface area contributed by atoms with Crippen LogP contribution in [0.3, 0.4) is 0 Å². The molecule has 0 amide bonds. The van der Waals surface area contributed by atoms with Crippen LogP contribution in [-0.2, 0) is 10.0 Å². The molecule has 0 unspecified atom stereocenters. The highest BCUT2D eigenvalue weighted by atomic mass is 32.2. The largest absolute Gasteiger partial charge is 0.370 e. The fourth-order valence-corrected chi connectivity index (χ4v) is 3.58. The molecule has 1 aromatic carbocycles. The van der Waals surface area contributed by atoms with Gasteiger partial charge in [0.25, 0.3) is 0 Å². The van der Waals surface area contributed by atoms with Gasteiger partial charge in [0, 0.05) is 12.6 Å². The summed E-state index contributed by atoms with van der Waals surface area (Å²) in [4.78, 5) is 4.43. The van der Waals surface area contributed by atoms with Gasteiger partial charge in [0.2, 0.25) is 10.0 Å². The zero-order valence-corrected chi connectivity index (χ0v) is 13.5. The molecule has 0 aliphatic heterocycles. The number of hydrogen-bond donors (Lipinski definition) is 3. The van der Waals surface area contributed by atoms with Crippen LogP contribution in [0, 0.1) is 0 Å². The average Bonchev–Trinajstić information content (AvgIpc) is 2.53. The molecule has 1 aliphatic rings. The first-order valence-electron chi connectivity index (χ1n) is 7.69. The molecular formula is C15H24N4O2S. The van der Waals surface area contributed by atoms with E-state index >= 15 is 0 Å². The topological polar surface area (TPSA) is 96.6 Å². The van der Waals surface area contributed by atoms with Crippen LogP contribution in [0.4, 0.5) is 0 Å². The van der Waals surface area contributed by atoms with Crippen molar-refractivity contribution < 1.29 is 8.42 Å². The highest BCUT2D eigenvalue weighted by molar-refractivity contribution is 7.89. The zero-order chi connectivity index (χ0) is 15.8. The fraction of sp³-hybridized carbons (Fsp3) is 0.533. The number of aliphatic imine (C=N–C) groups is 1. The molecule has 1 fully saturated rings. The van der Waals surface area contributed by atoms with Gasteiger partial charge < -0.3 is 11.1 Å². The van der Waals surface area contributed by atoms with Gasteiger partial charge in [-0.1, -0.05) is 37.5 Å². The first-order valence-corrected chi connectivity index (χ1v) is 9.17. The van der Waals surface area contributed by atoms with E-state index in [1.54, 1.807) is 30.3 Å². The van der Waals surface area contributed by atoms with Gasteiger partial charge in [-0.25, -0.2) is 13.1 Å². The Labute approximate surface area is 132 Å². The van der Waals surface area contributed by atoms with E-state index in [1.807, 2.05) is 0 Å². The molecule has 1 aliphatic carbocycles. The molecule has 1 aromatic rings. The summed E-state index contributed by atoms with van der Waals surface area (Å²) >= 11 is 0. The maximum atomic E-state index is 12.0. The van der Waals surface area contributed by atoms with Crippen molar-refractivity contribution in [1.82, 2.24) is 10.0 Å². The lowest BCUT2D eigenvalue weighted by molar-refractivity contribution is 0.412. The van der Waals surface area contributed by atoms with Gasteiger partial charge in [-0.3, -0.25) is 4.99 Å². The Morgan fingerprint density at radius 1 is 1.18 bits per heavy atom. The monoisotopic (exact) mass is 324 g/mol. The Balaban J connectivity index is 1.74. The smallest absolute Gasteiger partial charge is 0.240 e. The highest BCUT2D eigenvalue weighted by Crippen LogP contribution is 2.16. The van der Waals surface area contributed by atoms with E-state index < -0.39 is 10.0 Å². The van der Waals surface area contributed by atoms with Crippen LogP contribution in [0.25, 0.3) is 0 Å². The Morgan fingerprint density at radius 3 is 2.55 bits per heavy atom. The Hall–Kier alpha value is -1.60. The minimum atomic E-state index is -3.47. The number of rotatable bonds is 6. The average molecular weight is 324 g/mol. The number of nitrogens with two attached hydrogens (primary N) is 1. The summed E-state index contributed by atoms with van der Waals surface area (Å²) in [6, 6.07) is 8.69. The van der Waals surface area contributed by atoms with E-state index in [2.05, 4.69) is 15.0 Å². The Kier molecular flexibility index (Phi) is 6.21. The van der Waals surface area contributed by atoms with Crippen molar-refractivity contribution in [2.45, 2.75) is 43.0 Å². The molecule has 0 saturated heterocycles. The van der Waals surface area contributed by atoms with Gasteiger partial charge in [0.05, 0.1) is 11.4 Å².